The number of β-amino-alcohol motifs (C(OH)–C–C–N with tert-alkyl or cyclic N) is 1. The van der Waals surface area contributed by atoms with Gasteiger partial charge in [-0.2, -0.15) is 0 Å². The number of hydrogen-bond donors (Lipinski definition) is 2. The lowest BCUT2D eigenvalue weighted by Crippen LogP contribution is -2.37. The number of thiazole rings is 1. The van der Waals surface area contributed by atoms with Gasteiger partial charge >= 0.3 is 0 Å². The van der Waals surface area contributed by atoms with Crippen molar-refractivity contribution in [1.82, 2.24) is 24.8 Å². The summed E-state index contributed by atoms with van der Waals surface area (Å²) in [5, 5.41) is 18.3. The number of nitrogens with one attached hydrogen (secondary N) is 1. The van der Waals surface area contributed by atoms with Crippen LogP contribution in [0.25, 0.3) is 4.96 Å². The van der Waals surface area contributed by atoms with Crippen LogP contribution in [0, 0.1) is 0 Å². The number of aliphatic hydroxyl groups excluding tert-OH is 1. The largest absolute Gasteiger partial charge is 0.392 e. The first kappa shape index (κ1) is 16.2. The average molecular weight is 361 g/mol. The lowest BCUT2D eigenvalue weighted by Gasteiger charge is -2.28. The molecule has 8 nitrogen and oxygen atoms in total. The quantitative estimate of drug-likeness (QED) is 0.711. The zero-order chi connectivity index (χ0) is 17.2. The van der Waals surface area contributed by atoms with Gasteiger partial charge in [0.25, 0.3) is 5.91 Å². The van der Waals surface area contributed by atoms with E-state index in [1.807, 2.05) is 22.2 Å². The summed E-state index contributed by atoms with van der Waals surface area (Å²) in [6.45, 7) is 2.43. The van der Waals surface area contributed by atoms with Gasteiger partial charge in [-0.3, -0.25) is 14.1 Å². The van der Waals surface area contributed by atoms with E-state index < -0.39 is 0 Å². The molecule has 4 rings (SSSR count). The SMILES string of the molecule is O=C(NCc1cn2ccsc2n1)c1cc(CN2CCC[C@H](O)C2)on1. The van der Waals surface area contributed by atoms with E-state index in [4.69, 9.17) is 4.52 Å². The number of rotatable bonds is 5. The molecule has 9 heteroatoms. The van der Waals surface area contributed by atoms with Crippen LogP contribution in [0.3, 0.4) is 0 Å². The predicted octanol–water partition coefficient (Wildman–Crippen LogP) is 1.27. The van der Waals surface area contributed by atoms with E-state index in [1.165, 1.54) is 0 Å². The Balaban J connectivity index is 1.33. The molecule has 0 spiro atoms. The number of carbonyl (C=O) groups excluding carboxylic acids is 1. The summed E-state index contributed by atoms with van der Waals surface area (Å²) < 4.78 is 7.18. The normalized spacial score (nSPS) is 18.7. The Morgan fingerprint density at radius 2 is 2.44 bits per heavy atom. The Morgan fingerprint density at radius 3 is 3.28 bits per heavy atom. The number of amides is 1. The lowest BCUT2D eigenvalue weighted by molar-refractivity contribution is 0.0622. The van der Waals surface area contributed by atoms with Gasteiger partial charge in [-0.1, -0.05) is 5.16 Å². The Bertz CT molecular complexity index is 842. The Morgan fingerprint density at radius 1 is 1.52 bits per heavy atom. The maximum atomic E-state index is 12.2. The van der Waals surface area contributed by atoms with E-state index in [9.17, 15) is 9.90 Å². The second-order valence-electron chi connectivity index (χ2n) is 6.22. The van der Waals surface area contributed by atoms with Crippen LogP contribution < -0.4 is 5.32 Å². The summed E-state index contributed by atoms with van der Waals surface area (Å²) in [4.78, 5) is 19.6. The second kappa shape index (κ2) is 6.95. The van der Waals surface area contributed by atoms with Crippen molar-refractivity contribution in [1.29, 1.82) is 0 Å². The maximum Gasteiger partial charge on any atom is 0.273 e. The van der Waals surface area contributed by atoms with E-state index in [0.29, 0.717) is 25.4 Å². The maximum absolute atomic E-state index is 12.2. The molecule has 0 unspecified atom stereocenters. The molecule has 132 valence electrons. The molecule has 4 heterocycles. The molecule has 25 heavy (non-hydrogen) atoms. The molecule has 0 aromatic carbocycles. The van der Waals surface area contributed by atoms with Gasteiger partial charge in [0.1, 0.15) is 0 Å². The van der Waals surface area contributed by atoms with Crippen LogP contribution in [0.4, 0.5) is 0 Å². The lowest BCUT2D eigenvalue weighted by atomic mass is 10.1. The van der Waals surface area contributed by atoms with Gasteiger partial charge in [0.2, 0.25) is 0 Å². The number of carbonyl (C=O) groups is 1. The van der Waals surface area contributed by atoms with E-state index in [1.54, 1.807) is 17.4 Å². The molecule has 0 bridgehead atoms. The predicted molar refractivity (Wildman–Crippen MR) is 91.3 cm³/mol. The van der Waals surface area contributed by atoms with Gasteiger partial charge in [0, 0.05) is 30.4 Å². The summed E-state index contributed by atoms with van der Waals surface area (Å²) in [7, 11) is 0. The molecule has 2 N–H and O–H groups in total. The fourth-order valence-corrected chi connectivity index (χ4v) is 3.73. The first-order valence-corrected chi connectivity index (χ1v) is 9.10. The van der Waals surface area contributed by atoms with E-state index >= 15 is 0 Å². The fraction of sp³-hybridized carbons (Fsp3) is 0.438. The van der Waals surface area contributed by atoms with Gasteiger partial charge in [-0.05, 0) is 19.4 Å². The van der Waals surface area contributed by atoms with E-state index in [0.717, 1.165) is 30.0 Å². The van der Waals surface area contributed by atoms with Crippen LogP contribution in [0.15, 0.2) is 28.4 Å². The topological polar surface area (TPSA) is 95.9 Å². The number of nitrogens with zero attached hydrogens (tertiary/aromatic N) is 4. The van der Waals surface area contributed by atoms with Gasteiger partial charge in [0.15, 0.2) is 16.4 Å². The van der Waals surface area contributed by atoms with Crippen LogP contribution in [0.1, 0.15) is 34.8 Å². The molecule has 3 aromatic heterocycles. The minimum absolute atomic E-state index is 0.258. The molecule has 1 aliphatic rings. The summed E-state index contributed by atoms with van der Waals surface area (Å²) in [5.41, 5.74) is 1.06. The first-order valence-electron chi connectivity index (χ1n) is 8.22. The summed E-state index contributed by atoms with van der Waals surface area (Å²) in [6.07, 6.45) is 5.34. The number of likely N-dealkylation sites (tertiary alicyclic amines) is 1. The van der Waals surface area contributed by atoms with Crippen LogP contribution in [0.5, 0.6) is 0 Å². The fourth-order valence-electron chi connectivity index (χ4n) is 3.01. The van der Waals surface area contributed by atoms with Gasteiger partial charge in [-0.25, -0.2) is 4.98 Å². The highest BCUT2D eigenvalue weighted by molar-refractivity contribution is 7.15. The van der Waals surface area contributed by atoms with Crippen LogP contribution in [-0.2, 0) is 13.1 Å². The van der Waals surface area contributed by atoms with Crippen molar-refractivity contribution in [3.05, 3.63) is 41.0 Å². The number of aromatic nitrogens is 3. The van der Waals surface area contributed by atoms with Crippen LogP contribution in [-0.4, -0.2) is 49.6 Å². The van der Waals surface area contributed by atoms with Gasteiger partial charge in [0.05, 0.1) is 24.9 Å². The molecular weight excluding hydrogens is 342 g/mol. The van der Waals surface area contributed by atoms with Crippen molar-refractivity contribution in [2.24, 2.45) is 0 Å². The zero-order valence-electron chi connectivity index (χ0n) is 13.6. The number of hydrogen-bond acceptors (Lipinski definition) is 7. The van der Waals surface area contributed by atoms with Gasteiger partial charge in [-0.15, -0.1) is 11.3 Å². The van der Waals surface area contributed by atoms with Crippen molar-refractivity contribution in [3.8, 4) is 0 Å². The number of fused-ring (bicyclic) bond motifs is 1. The summed E-state index contributed by atoms with van der Waals surface area (Å²) in [6, 6.07) is 1.65. The molecule has 1 aliphatic heterocycles. The Kier molecular flexibility index (Phi) is 4.51. The molecule has 1 saturated heterocycles. The number of imidazole rings is 1. The third kappa shape index (κ3) is 3.73. The Labute approximate surface area is 148 Å². The third-order valence-corrected chi connectivity index (χ3v) is 5.00. The first-order chi connectivity index (χ1) is 12.2. The zero-order valence-corrected chi connectivity index (χ0v) is 14.4. The van der Waals surface area contributed by atoms with E-state index in [2.05, 4.69) is 20.4 Å². The number of aliphatic hydroxyl groups is 1. The molecule has 1 amide bonds. The third-order valence-electron chi connectivity index (χ3n) is 4.22. The van der Waals surface area contributed by atoms with E-state index in [-0.39, 0.29) is 17.7 Å². The molecule has 1 fully saturated rings. The minimum Gasteiger partial charge on any atom is -0.392 e. The van der Waals surface area contributed by atoms with Crippen molar-refractivity contribution < 1.29 is 14.4 Å². The van der Waals surface area contributed by atoms with Crippen molar-refractivity contribution in [2.75, 3.05) is 13.1 Å². The van der Waals surface area contributed by atoms with Crippen molar-refractivity contribution >= 4 is 22.2 Å². The number of piperidine rings is 1. The average Bonchev–Trinajstić information content (AvgIpc) is 3.28. The molecule has 0 saturated carbocycles. The smallest absolute Gasteiger partial charge is 0.273 e. The molecular formula is C16H19N5O3S. The van der Waals surface area contributed by atoms with Crippen molar-refractivity contribution in [2.45, 2.75) is 32.0 Å². The second-order valence-corrected chi connectivity index (χ2v) is 7.09. The highest BCUT2D eigenvalue weighted by atomic mass is 32.1. The highest BCUT2D eigenvalue weighted by Gasteiger charge is 2.20. The molecule has 3 aromatic rings. The van der Waals surface area contributed by atoms with Crippen LogP contribution in [0.2, 0.25) is 0 Å². The highest BCUT2D eigenvalue weighted by Crippen LogP contribution is 2.15. The van der Waals surface area contributed by atoms with Crippen molar-refractivity contribution in [3.63, 3.8) is 0 Å². The Hall–Kier alpha value is -2.23. The standard InChI is InChI=1S/C16H19N5O3S/c22-12-2-1-3-20(9-12)10-13-6-14(19-24-13)15(23)17-7-11-8-21-4-5-25-16(21)18-11/h4-6,8,12,22H,1-3,7,9-10H2,(H,17,23)/t12-/m0/s1. The molecule has 0 radical (unpaired) electrons. The monoisotopic (exact) mass is 361 g/mol. The van der Waals surface area contributed by atoms with Crippen LogP contribution >= 0.6 is 11.3 Å². The minimum atomic E-state index is -0.288. The summed E-state index contributed by atoms with van der Waals surface area (Å²) >= 11 is 1.55. The van der Waals surface area contributed by atoms with Gasteiger partial charge < -0.3 is 14.9 Å². The summed E-state index contributed by atoms with van der Waals surface area (Å²) in [5.74, 6) is 0.340. The molecule has 0 aliphatic carbocycles. The molecule has 1 atom stereocenters.